The average molecular weight is 238 g/mol. The number of rotatable bonds is 5. The highest BCUT2D eigenvalue weighted by atomic mass is 16.5. The van der Waals surface area contributed by atoms with Gasteiger partial charge in [0.05, 0.1) is 18.5 Å². The van der Waals surface area contributed by atoms with Crippen LogP contribution in [0.4, 0.5) is 0 Å². The first-order valence-corrected chi connectivity index (χ1v) is 6.00. The molecule has 1 heterocycles. The maximum Gasteiger partial charge on any atom is 0.223 e. The van der Waals surface area contributed by atoms with Crippen molar-refractivity contribution in [3.63, 3.8) is 0 Å². The molecule has 0 radical (unpaired) electrons. The van der Waals surface area contributed by atoms with Gasteiger partial charge in [0.2, 0.25) is 5.78 Å². The van der Waals surface area contributed by atoms with Gasteiger partial charge < -0.3 is 13.9 Å². The molecule has 0 saturated heterocycles. The molecular formula is C13H18O4. The van der Waals surface area contributed by atoms with Crippen molar-refractivity contribution in [2.75, 3.05) is 13.7 Å². The molecule has 1 aromatic rings. The minimum absolute atomic E-state index is 0.0919. The first-order chi connectivity index (χ1) is 8.29. The number of ketones is 1. The fraction of sp³-hybridized carbons (Fsp3) is 0.615. The SMILES string of the molecule is COC1CCCC(OCC(=O)c2ccco2)C1. The van der Waals surface area contributed by atoms with Crippen molar-refractivity contribution in [1.29, 1.82) is 0 Å². The van der Waals surface area contributed by atoms with Gasteiger partial charge in [0.25, 0.3) is 0 Å². The van der Waals surface area contributed by atoms with Gasteiger partial charge in [-0.1, -0.05) is 0 Å². The Balaban J connectivity index is 1.76. The minimum Gasteiger partial charge on any atom is -0.461 e. The van der Waals surface area contributed by atoms with E-state index in [1.807, 2.05) is 0 Å². The van der Waals surface area contributed by atoms with Crippen LogP contribution in [0.5, 0.6) is 0 Å². The maximum atomic E-state index is 11.6. The zero-order chi connectivity index (χ0) is 12.1. The van der Waals surface area contributed by atoms with Gasteiger partial charge in [0.1, 0.15) is 6.61 Å². The number of carbonyl (C=O) groups excluding carboxylic acids is 1. The molecular weight excluding hydrogens is 220 g/mol. The van der Waals surface area contributed by atoms with Gasteiger partial charge in [-0.15, -0.1) is 0 Å². The molecule has 2 atom stereocenters. The van der Waals surface area contributed by atoms with Crippen LogP contribution in [0.15, 0.2) is 22.8 Å². The summed E-state index contributed by atoms with van der Waals surface area (Å²) in [5.74, 6) is 0.263. The number of ether oxygens (including phenoxy) is 2. The summed E-state index contributed by atoms with van der Waals surface area (Å²) in [7, 11) is 1.72. The second-order valence-electron chi connectivity index (χ2n) is 4.36. The van der Waals surface area contributed by atoms with E-state index in [0.717, 1.165) is 25.7 Å². The lowest BCUT2D eigenvalue weighted by atomic mass is 9.95. The summed E-state index contributed by atoms with van der Waals surface area (Å²) < 4.78 is 16.0. The molecule has 1 aliphatic rings. The van der Waals surface area contributed by atoms with Crippen molar-refractivity contribution >= 4 is 5.78 Å². The van der Waals surface area contributed by atoms with Crippen LogP contribution < -0.4 is 0 Å². The van der Waals surface area contributed by atoms with Gasteiger partial charge in [-0.25, -0.2) is 0 Å². The van der Waals surface area contributed by atoms with Gasteiger partial charge >= 0.3 is 0 Å². The van der Waals surface area contributed by atoms with E-state index in [2.05, 4.69) is 0 Å². The van der Waals surface area contributed by atoms with E-state index >= 15 is 0 Å². The van der Waals surface area contributed by atoms with Crippen molar-refractivity contribution in [3.05, 3.63) is 24.2 Å². The molecule has 2 unspecified atom stereocenters. The number of furan rings is 1. The molecule has 2 rings (SSSR count). The Morgan fingerprint density at radius 1 is 1.47 bits per heavy atom. The fourth-order valence-electron chi connectivity index (χ4n) is 2.17. The molecule has 0 aromatic carbocycles. The van der Waals surface area contributed by atoms with E-state index in [-0.39, 0.29) is 24.6 Å². The molecule has 17 heavy (non-hydrogen) atoms. The van der Waals surface area contributed by atoms with E-state index < -0.39 is 0 Å². The smallest absolute Gasteiger partial charge is 0.223 e. The highest BCUT2D eigenvalue weighted by Gasteiger charge is 2.23. The van der Waals surface area contributed by atoms with Crippen LogP contribution in [0.1, 0.15) is 36.2 Å². The number of Topliss-reactive ketones (excluding diaryl/α,β-unsaturated/α-hetero) is 1. The molecule has 94 valence electrons. The quantitative estimate of drug-likeness (QED) is 0.739. The highest BCUT2D eigenvalue weighted by Crippen LogP contribution is 2.23. The lowest BCUT2D eigenvalue weighted by molar-refractivity contribution is -0.0247. The summed E-state index contributed by atoms with van der Waals surface area (Å²) in [6.45, 7) is 0.0919. The van der Waals surface area contributed by atoms with Crippen LogP contribution in [-0.2, 0) is 9.47 Å². The number of hydrogen-bond donors (Lipinski definition) is 0. The molecule has 0 bridgehead atoms. The molecule has 0 aliphatic heterocycles. The Morgan fingerprint density at radius 2 is 2.29 bits per heavy atom. The van der Waals surface area contributed by atoms with Crippen molar-refractivity contribution < 1.29 is 18.7 Å². The predicted octanol–water partition coefficient (Wildman–Crippen LogP) is 2.44. The van der Waals surface area contributed by atoms with E-state index in [0.29, 0.717) is 5.76 Å². The standard InChI is InChI=1S/C13H18O4/c1-15-10-4-2-5-11(8-10)17-9-12(14)13-6-3-7-16-13/h3,6-7,10-11H,2,4-5,8-9H2,1H3. The van der Waals surface area contributed by atoms with Crippen molar-refractivity contribution in [3.8, 4) is 0 Å². The van der Waals surface area contributed by atoms with E-state index in [1.54, 1.807) is 19.2 Å². The van der Waals surface area contributed by atoms with Gasteiger partial charge in [0.15, 0.2) is 5.76 Å². The van der Waals surface area contributed by atoms with Gasteiger partial charge in [-0.3, -0.25) is 4.79 Å². The molecule has 4 nitrogen and oxygen atoms in total. The highest BCUT2D eigenvalue weighted by molar-refractivity contribution is 5.94. The lowest BCUT2D eigenvalue weighted by Crippen LogP contribution is -2.29. The third kappa shape index (κ3) is 3.41. The summed E-state index contributed by atoms with van der Waals surface area (Å²) in [6.07, 6.45) is 5.96. The van der Waals surface area contributed by atoms with E-state index in [9.17, 15) is 4.79 Å². The zero-order valence-corrected chi connectivity index (χ0v) is 10.1. The minimum atomic E-state index is -0.102. The van der Waals surface area contributed by atoms with E-state index in [1.165, 1.54) is 6.26 Å². The largest absolute Gasteiger partial charge is 0.461 e. The molecule has 4 heteroatoms. The lowest BCUT2D eigenvalue weighted by Gasteiger charge is -2.27. The second kappa shape index (κ2) is 5.98. The Labute approximate surface area is 101 Å². The molecule has 1 aromatic heterocycles. The monoisotopic (exact) mass is 238 g/mol. The summed E-state index contributed by atoms with van der Waals surface area (Å²) in [6, 6.07) is 3.36. The predicted molar refractivity (Wildman–Crippen MR) is 62.0 cm³/mol. The van der Waals surface area contributed by atoms with Gasteiger partial charge in [0, 0.05) is 7.11 Å². The molecule has 1 aliphatic carbocycles. The van der Waals surface area contributed by atoms with Crippen molar-refractivity contribution in [2.45, 2.75) is 37.9 Å². The van der Waals surface area contributed by atoms with Gasteiger partial charge in [-0.2, -0.15) is 0 Å². The molecule has 1 saturated carbocycles. The normalized spacial score (nSPS) is 24.8. The van der Waals surface area contributed by atoms with Gasteiger partial charge in [-0.05, 0) is 37.8 Å². The maximum absolute atomic E-state index is 11.6. The summed E-state index contributed by atoms with van der Waals surface area (Å²) in [5, 5.41) is 0. The molecule has 1 fully saturated rings. The van der Waals surface area contributed by atoms with Crippen LogP contribution in [-0.4, -0.2) is 31.7 Å². The summed E-state index contributed by atoms with van der Waals surface area (Å²) >= 11 is 0. The first kappa shape index (κ1) is 12.3. The van der Waals surface area contributed by atoms with Crippen molar-refractivity contribution in [2.24, 2.45) is 0 Å². The zero-order valence-electron chi connectivity index (χ0n) is 10.1. The number of methoxy groups -OCH3 is 1. The molecule has 0 spiro atoms. The second-order valence-corrected chi connectivity index (χ2v) is 4.36. The Bertz CT molecular complexity index is 344. The Kier molecular flexibility index (Phi) is 4.34. The molecule has 0 amide bonds. The van der Waals surface area contributed by atoms with E-state index in [4.69, 9.17) is 13.9 Å². The van der Waals surface area contributed by atoms with Crippen molar-refractivity contribution in [1.82, 2.24) is 0 Å². The topological polar surface area (TPSA) is 48.7 Å². The van der Waals surface area contributed by atoms with Crippen LogP contribution in [0, 0.1) is 0 Å². The third-order valence-electron chi connectivity index (χ3n) is 3.16. The van der Waals surface area contributed by atoms with Crippen LogP contribution in [0.2, 0.25) is 0 Å². The average Bonchev–Trinajstić information content (AvgIpc) is 2.90. The first-order valence-electron chi connectivity index (χ1n) is 6.00. The van der Waals surface area contributed by atoms with Crippen LogP contribution >= 0.6 is 0 Å². The fourth-order valence-corrected chi connectivity index (χ4v) is 2.17. The molecule has 0 N–H and O–H groups in total. The Morgan fingerprint density at radius 3 is 3.00 bits per heavy atom. The number of hydrogen-bond acceptors (Lipinski definition) is 4. The Hall–Kier alpha value is -1.13. The summed E-state index contributed by atoms with van der Waals surface area (Å²) in [4.78, 5) is 11.6. The number of carbonyl (C=O) groups is 1. The summed E-state index contributed by atoms with van der Waals surface area (Å²) in [5.41, 5.74) is 0. The van der Waals surface area contributed by atoms with Crippen LogP contribution in [0.25, 0.3) is 0 Å². The third-order valence-corrected chi connectivity index (χ3v) is 3.16. The van der Waals surface area contributed by atoms with Crippen LogP contribution in [0.3, 0.4) is 0 Å².